The van der Waals surface area contributed by atoms with Crippen molar-refractivity contribution >= 4 is 21.6 Å². The molecule has 168 valence electrons. The number of halogens is 3. The molecule has 1 amide bonds. The summed E-state index contributed by atoms with van der Waals surface area (Å²) in [4.78, 5) is 16.3. The molecule has 32 heavy (non-hydrogen) atoms. The quantitative estimate of drug-likeness (QED) is 0.576. The first-order valence-corrected chi connectivity index (χ1v) is 10.9. The van der Waals surface area contributed by atoms with Crippen molar-refractivity contribution in [1.29, 1.82) is 0 Å². The number of hydrogen-bond donors (Lipinski definition) is 1. The summed E-state index contributed by atoms with van der Waals surface area (Å²) in [6.07, 6.45) is -1.57. The number of rotatable bonds is 7. The maximum Gasteiger partial charge on any atom is 0.416 e. The molecular weight excluding hydrogens is 443 g/mol. The van der Waals surface area contributed by atoms with Crippen LogP contribution >= 0.6 is 0 Å². The monoisotopic (exact) mass is 463 g/mol. The molecule has 0 atom stereocenters. The Hall–Kier alpha value is -3.40. The Morgan fingerprint density at radius 2 is 1.78 bits per heavy atom. The zero-order chi connectivity index (χ0) is 23.4. The number of hydrogen-bond acceptors (Lipinski definition) is 4. The van der Waals surface area contributed by atoms with Gasteiger partial charge in [0.05, 0.1) is 16.1 Å². The third-order valence-corrected chi connectivity index (χ3v) is 6.36. The normalized spacial score (nSPS) is 11.8. The number of nitrogens with one attached hydrogen (secondary N) is 1. The number of benzene rings is 2. The Morgan fingerprint density at radius 1 is 1.06 bits per heavy atom. The lowest BCUT2D eigenvalue weighted by molar-refractivity contribution is -0.137. The molecule has 2 aromatic carbocycles. The minimum absolute atomic E-state index is 0.0910. The fraction of sp³-hybridized carbons (Fsp3) is 0.182. The van der Waals surface area contributed by atoms with Crippen LogP contribution in [0, 0.1) is 6.92 Å². The van der Waals surface area contributed by atoms with Crippen LogP contribution in [0.1, 0.15) is 16.7 Å². The third kappa shape index (κ3) is 5.64. The van der Waals surface area contributed by atoms with Crippen molar-refractivity contribution in [3.63, 3.8) is 0 Å². The van der Waals surface area contributed by atoms with Crippen molar-refractivity contribution in [3.05, 3.63) is 89.7 Å². The molecule has 0 aliphatic heterocycles. The molecule has 0 radical (unpaired) electrons. The summed E-state index contributed by atoms with van der Waals surface area (Å²) in [7, 11) is -4.32. The van der Waals surface area contributed by atoms with E-state index in [0.717, 1.165) is 17.7 Å². The second kappa shape index (κ2) is 9.39. The Bertz CT molecular complexity index is 1180. The molecule has 6 nitrogen and oxygen atoms in total. The van der Waals surface area contributed by atoms with Crippen LogP contribution in [0.3, 0.4) is 0 Å². The number of sulfonamides is 1. The van der Waals surface area contributed by atoms with Crippen LogP contribution in [-0.4, -0.2) is 25.9 Å². The van der Waals surface area contributed by atoms with Crippen LogP contribution in [0.25, 0.3) is 0 Å². The van der Waals surface area contributed by atoms with Crippen molar-refractivity contribution in [2.75, 3.05) is 10.8 Å². The summed E-state index contributed by atoms with van der Waals surface area (Å²) >= 11 is 0. The van der Waals surface area contributed by atoms with Crippen LogP contribution in [-0.2, 0) is 27.5 Å². The Labute approximate surface area is 183 Å². The maximum atomic E-state index is 13.3. The number of carbonyl (C=O) groups excluding carboxylic acids is 1. The molecule has 3 aromatic rings. The van der Waals surface area contributed by atoms with E-state index >= 15 is 0 Å². The van der Waals surface area contributed by atoms with Gasteiger partial charge < -0.3 is 5.32 Å². The van der Waals surface area contributed by atoms with Crippen molar-refractivity contribution in [3.8, 4) is 0 Å². The zero-order valence-corrected chi connectivity index (χ0v) is 17.8. The molecule has 0 aliphatic carbocycles. The van der Waals surface area contributed by atoms with E-state index in [1.807, 2.05) is 0 Å². The van der Waals surface area contributed by atoms with Crippen molar-refractivity contribution in [2.45, 2.75) is 24.5 Å². The Morgan fingerprint density at radius 3 is 2.41 bits per heavy atom. The third-order valence-electron chi connectivity index (χ3n) is 4.57. The first-order chi connectivity index (χ1) is 15.1. The lowest BCUT2D eigenvalue weighted by Gasteiger charge is -2.25. The van der Waals surface area contributed by atoms with Crippen LogP contribution in [0.4, 0.5) is 18.9 Å². The molecular formula is C22H20F3N3O3S. The van der Waals surface area contributed by atoms with E-state index in [2.05, 4.69) is 10.3 Å². The second-order valence-electron chi connectivity index (χ2n) is 7.01. The van der Waals surface area contributed by atoms with E-state index in [1.165, 1.54) is 24.4 Å². The molecule has 3 rings (SSSR count). The maximum absolute atomic E-state index is 13.3. The summed E-state index contributed by atoms with van der Waals surface area (Å²) in [6.45, 7) is 1.17. The SMILES string of the molecule is Cc1ccc(S(=O)(=O)N(CC(=O)NCc2cccnc2)c2cccc(C(F)(F)F)c2)cc1. The number of amides is 1. The summed E-state index contributed by atoms with van der Waals surface area (Å²) < 4.78 is 66.9. The largest absolute Gasteiger partial charge is 0.416 e. The highest BCUT2D eigenvalue weighted by Gasteiger charge is 2.33. The smallest absolute Gasteiger partial charge is 0.350 e. The average molecular weight is 463 g/mol. The van der Waals surface area contributed by atoms with Gasteiger partial charge in [-0.3, -0.25) is 14.1 Å². The zero-order valence-electron chi connectivity index (χ0n) is 17.0. The van der Waals surface area contributed by atoms with Crippen LogP contribution in [0.2, 0.25) is 0 Å². The van der Waals surface area contributed by atoms with Gasteiger partial charge in [-0.05, 0) is 48.9 Å². The molecule has 0 aliphatic rings. The lowest BCUT2D eigenvalue weighted by atomic mass is 10.2. The molecule has 0 saturated carbocycles. The number of anilines is 1. The molecule has 0 saturated heterocycles. The Balaban J connectivity index is 1.94. The minimum Gasteiger partial charge on any atom is -0.350 e. The van der Waals surface area contributed by atoms with Gasteiger partial charge in [0.2, 0.25) is 5.91 Å². The van der Waals surface area contributed by atoms with Crippen molar-refractivity contribution < 1.29 is 26.4 Å². The van der Waals surface area contributed by atoms with E-state index in [9.17, 15) is 26.4 Å². The van der Waals surface area contributed by atoms with Gasteiger partial charge >= 0.3 is 6.18 Å². The molecule has 0 fully saturated rings. The van der Waals surface area contributed by atoms with E-state index in [1.54, 1.807) is 37.4 Å². The van der Waals surface area contributed by atoms with E-state index in [4.69, 9.17) is 0 Å². The topological polar surface area (TPSA) is 79.4 Å². The van der Waals surface area contributed by atoms with Gasteiger partial charge in [0, 0.05) is 18.9 Å². The summed E-state index contributed by atoms with van der Waals surface area (Å²) in [5, 5.41) is 2.57. The van der Waals surface area contributed by atoms with Gasteiger partial charge in [-0.15, -0.1) is 0 Å². The molecule has 1 N–H and O–H groups in total. The number of carbonyl (C=O) groups is 1. The predicted molar refractivity (Wildman–Crippen MR) is 113 cm³/mol. The summed E-state index contributed by atoms with van der Waals surface area (Å²) in [5.41, 5.74) is 0.212. The molecule has 0 bridgehead atoms. The van der Waals surface area contributed by atoms with Gasteiger partial charge in [-0.1, -0.05) is 29.8 Å². The van der Waals surface area contributed by atoms with Crippen LogP contribution in [0.5, 0.6) is 0 Å². The number of nitrogens with zero attached hydrogens (tertiary/aromatic N) is 2. The summed E-state index contributed by atoms with van der Waals surface area (Å²) in [6, 6.07) is 13.1. The first-order valence-electron chi connectivity index (χ1n) is 9.49. The standard InChI is InChI=1S/C22H20F3N3O3S/c1-16-7-9-20(10-8-16)32(30,31)28(19-6-2-5-18(12-19)22(23,24)25)15-21(29)27-14-17-4-3-11-26-13-17/h2-13H,14-15H2,1H3,(H,27,29). The number of aryl methyl sites for hydroxylation is 1. The van der Waals surface area contributed by atoms with Gasteiger partial charge in [-0.25, -0.2) is 8.42 Å². The van der Waals surface area contributed by atoms with Gasteiger partial charge in [0.15, 0.2) is 0 Å². The lowest BCUT2D eigenvalue weighted by Crippen LogP contribution is -2.40. The fourth-order valence-electron chi connectivity index (χ4n) is 2.88. The highest BCUT2D eigenvalue weighted by molar-refractivity contribution is 7.92. The van der Waals surface area contributed by atoms with Gasteiger partial charge in [-0.2, -0.15) is 13.2 Å². The molecule has 0 spiro atoms. The highest BCUT2D eigenvalue weighted by atomic mass is 32.2. The second-order valence-corrected chi connectivity index (χ2v) is 8.87. The minimum atomic E-state index is -4.67. The fourth-order valence-corrected chi connectivity index (χ4v) is 4.29. The average Bonchev–Trinajstić information content (AvgIpc) is 2.76. The Kier molecular flexibility index (Phi) is 6.83. The molecule has 10 heteroatoms. The van der Waals surface area contributed by atoms with Crippen molar-refractivity contribution in [2.24, 2.45) is 0 Å². The summed E-state index contributed by atoms with van der Waals surface area (Å²) in [5.74, 6) is -0.679. The molecule has 1 heterocycles. The van der Waals surface area contributed by atoms with Crippen LogP contribution in [0.15, 0.2) is 78.0 Å². The number of pyridine rings is 1. The van der Waals surface area contributed by atoms with E-state index in [-0.39, 0.29) is 17.1 Å². The number of alkyl halides is 3. The van der Waals surface area contributed by atoms with Crippen LogP contribution < -0.4 is 9.62 Å². The van der Waals surface area contributed by atoms with E-state index < -0.39 is 34.2 Å². The predicted octanol–water partition coefficient (Wildman–Crippen LogP) is 3.92. The first kappa shape index (κ1) is 23.3. The molecule has 1 aromatic heterocycles. The van der Waals surface area contributed by atoms with Crippen molar-refractivity contribution in [1.82, 2.24) is 10.3 Å². The highest BCUT2D eigenvalue weighted by Crippen LogP contribution is 2.33. The van der Waals surface area contributed by atoms with Gasteiger partial charge in [0.25, 0.3) is 10.0 Å². The van der Waals surface area contributed by atoms with Gasteiger partial charge in [0.1, 0.15) is 6.54 Å². The molecule has 0 unspecified atom stereocenters. The number of aromatic nitrogens is 1. The van der Waals surface area contributed by atoms with E-state index in [0.29, 0.717) is 15.9 Å².